The van der Waals surface area contributed by atoms with Gasteiger partial charge in [0.25, 0.3) is 0 Å². The van der Waals surface area contributed by atoms with E-state index >= 15 is 0 Å². The van der Waals surface area contributed by atoms with E-state index in [1.807, 2.05) is 55.5 Å². The lowest BCUT2D eigenvalue weighted by molar-refractivity contribution is -0.0438. The van der Waals surface area contributed by atoms with Crippen LogP contribution in [0.5, 0.6) is 17.2 Å². The van der Waals surface area contributed by atoms with E-state index in [1.165, 1.54) is 0 Å². The van der Waals surface area contributed by atoms with Gasteiger partial charge in [-0.1, -0.05) is 24.3 Å². The summed E-state index contributed by atoms with van der Waals surface area (Å²) in [5.74, 6) is 2.27. The summed E-state index contributed by atoms with van der Waals surface area (Å²) in [6.07, 6.45) is -0.309. The zero-order valence-electron chi connectivity index (χ0n) is 14.7. The smallest absolute Gasteiger partial charge is 0.162 e. The fraction of sp³-hybridized carbons (Fsp3) is 0.400. The van der Waals surface area contributed by atoms with Crippen LogP contribution < -0.4 is 19.5 Å². The van der Waals surface area contributed by atoms with E-state index in [9.17, 15) is 0 Å². The van der Waals surface area contributed by atoms with E-state index in [2.05, 4.69) is 5.32 Å². The lowest BCUT2D eigenvalue weighted by Gasteiger charge is -2.32. The molecule has 3 rings (SSSR count). The number of para-hydroxylation sites is 2. The summed E-state index contributed by atoms with van der Waals surface area (Å²) in [7, 11) is 1.65. The van der Waals surface area contributed by atoms with Crippen molar-refractivity contribution in [3.63, 3.8) is 0 Å². The number of methoxy groups -OCH3 is 1. The second-order valence-electron chi connectivity index (χ2n) is 5.80. The zero-order valence-corrected chi connectivity index (χ0v) is 14.7. The van der Waals surface area contributed by atoms with E-state index in [0.29, 0.717) is 24.7 Å². The summed E-state index contributed by atoms with van der Waals surface area (Å²) >= 11 is 0. The van der Waals surface area contributed by atoms with Crippen LogP contribution in [0.4, 0.5) is 0 Å². The molecular weight excluding hydrogens is 318 g/mol. The predicted molar refractivity (Wildman–Crippen MR) is 96.6 cm³/mol. The van der Waals surface area contributed by atoms with Crippen molar-refractivity contribution in [1.29, 1.82) is 0 Å². The van der Waals surface area contributed by atoms with Crippen LogP contribution in [0, 0.1) is 0 Å². The van der Waals surface area contributed by atoms with Gasteiger partial charge in [-0.3, -0.25) is 0 Å². The van der Waals surface area contributed by atoms with Gasteiger partial charge >= 0.3 is 0 Å². The number of hydrogen-bond acceptors (Lipinski definition) is 5. The highest BCUT2D eigenvalue weighted by molar-refractivity contribution is 5.40. The quantitative estimate of drug-likeness (QED) is 0.837. The van der Waals surface area contributed by atoms with Gasteiger partial charge in [-0.2, -0.15) is 0 Å². The van der Waals surface area contributed by atoms with Crippen LogP contribution in [0.25, 0.3) is 0 Å². The molecule has 2 aromatic rings. The molecule has 0 saturated carbocycles. The van der Waals surface area contributed by atoms with Gasteiger partial charge in [0.15, 0.2) is 17.6 Å². The van der Waals surface area contributed by atoms with Gasteiger partial charge in [0.05, 0.1) is 20.3 Å². The molecule has 2 atom stereocenters. The molecule has 1 aliphatic heterocycles. The van der Waals surface area contributed by atoms with Crippen LogP contribution in [-0.4, -0.2) is 39.5 Å². The van der Waals surface area contributed by atoms with Crippen molar-refractivity contribution < 1.29 is 18.9 Å². The van der Waals surface area contributed by atoms with Crippen molar-refractivity contribution >= 4 is 0 Å². The standard InChI is InChI=1S/C20H25NO4/c1-3-23-16-10-8-15(9-11-16)20(19-14-21-12-13-24-19)25-18-7-5-4-6-17(18)22-2/h4-11,19-21H,3,12-14H2,1-2H3. The summed E-state index contributed by atoms with van der Waals surface area (Å²) in [6.45, 7) is 4.90. The summed E-state index contributed by atoms with van der Waals surface area (Å²) in [5, 5.41) is 3.37. The first-order valence-electron chi connectivity index (χ1n) is 8.66. The maximum Gasteiger partial charge on any atom is 0.162 e. The van der Waals surface area contributed by atoms with E-state index < -0.39 is 0 Å². The first-order valence-corrected chi connectivity index (χ1v) is 8.66. The Morgan fingerprint density at radius 1 is 1.12 bits per heavy atom. The van der Waals surface area contributed by atoms with Crippen LogP contribution in [0.2, 0.25) is 0 Å². The molecule has 134 valence electrons. The molecule has 25 heavy (non-hydrogen) atoms. The van der Waals surface area contributed by atoms with E-state index in [0.717, 1.165) is 24.4 Å². The Balaban J connectivity index is 1.86. The average Bonchev–Trinajstić information content (AvgIpc) is 2.68. The monoisotopic (exact) mass is 343 g/mol. The van der Waals surface area contributed by atoms with Crippen molar-refractivity contribution in [3.8, 4) is 17.2 Å². The van der Waals surface area contributed by atoms with Gasteiger partial charge in [0, 0.05) is 13.1 Å². The second-order valence-corrected chi connectivity index (χ2v) is 5.80. The molecular formula is C20H25NO4. The van der Waals surface area contributed by atoms with Crippen molar-refractivity contribution in [3.05, 3.63) is 54.1 Å². The highest BCUT2D eigenvalue weighted by Gasteiger charge is 2.28. The fourth-order valence-electron chi connectivity index (χ4n) is 2.91. The first kappa shape index (κ1) is 17.6. The molecule has 0 amide bonds. The number of morpholine rings is 1. The molecule has 1 aliphatic rings. The Morgan fingerprint density at radius 3 is 2.52 bits per heavy atom. The van der Waals surface area contributed by atoms with Crippen LogP contribution >= 0.6 is 0 Å². The molecule has 2 unspecified atom stereocenters. The van der Waals surface area contributed by atoms with Crippen molar-refractivity contribution in [2.45, 2.75) is 19.1 Å². The van der Waals surface area contributed by atoms with E-state index in [1.54, 1.807) is 7.11 Å². The highest BCUT2D eigenvalue weighted by atomic mass is 16.6. The van der Waals surface area contributed by atoms with Crippen LogP contribution in [0.3, 0.4) is 0 Å². The summed E-state index contributed by atoms with van der Waals surface area (Å²) in [4.78, 5) is 0. The molecule has 5 nitrogen and oxygen atoms in total. The Hall–Kier alpha value is -2.24. The van der Waals surface area contributed by atoms with Crippen LogP contribution in [-0.2, 0) is 4.74 Å². The topological polar surface area (TPSA) is 49.0 Å². The number of benzene rings is 2. The Bertz CT molecular complexity index is 653. The van der Waals surface area contributed by atoms with Gasteiger partial charge in [0.2, 0.25) is 0 Å². The van der Waals surface area contributed by atoms with Crippen molar-refractivity contribution in [1.82, 2.24) is 5.32 Å². The lowest BCUT2D eigenvalue weighted by atomic mass is 10.0. The van der Waals surface area contributed by atoms with E-state index in [-0.39, 0.29) is 12.2 Å². The maximum atomic E-state index is 6.33. The van der Waals surface area contributed by atoms with Crippen molar-refractivity contribution in [2.24, 2.45) is 0 Å². The highest BCUT2D eigenvalue weighted by Crippen LogP contribution is 2.33. The fourth-order valence-corrected chi connectivity index (χ4v) is 2.91. The van der Waals surface area contributed by atoms with Crippen molar-refractivity contribution in [2.75, 3.05) is 33.4 Å². The van der Waals surface area contributed by atoms with Gasteiger partial charge in [-0.05, 0) is 36.8 Å². The van der Waals surface area contributed by atoms with Crippen LogP contribution in [0.1, 0.15) is 18.6 Å². The summed E-state index contributed by atoms with van der Waals surface area (Å²) < 4.78 is 23.2. The normalized spacial score (nSPS) is 18.4. The molecule has 1 fully saturated rings. The molecule has 1 saturated heterocycles. The van der Waals surface area contributed by atoms with E-state index in [4.69, 9.17) is 18.9 Å². The number of rotatable bonds is 7. The first-order chi connectivity index (χ1) is 12.3. The molecule has 1 N–H and O–H groups in total. The van der Waals surface area contributed by atoms with Gasteiger partial charge in [-0.15, -0.1) is 0 Å². The molecule has 0 radical (unpaired) electrons. The third kappa shape index (κ3) is 4.44. The molecule has 5 heteroatoms. The zero-order chi connectivity index (χ0) is 17.5. The molecule has 0 bridgehead atoms. The minimum atomic E-state index is -0.236. The largest absolute Gasteiger partial charge is 0.494 e. The minimum absolute atomic E-state index is 0.0726. The molecule has 0 aromatic heterocycles. The predicted octanol–water partition coefficient (Wildman–Crippen LogP) is 3.20. The average molecular weight is 343 g/mol. The molecule has 0 aliphatic carbocycles. The molecule has 1 heterocycles. The Morgan fingerprint density at radius 2 is 1.88 bits per heavy atom. The van der Waals surface area contributed by atoms with Crippen LogP contribution in [0.15, 0.2) is 48.5 Å². The number of ether oxygens (including phenoxy) is 4. The Kier molecular flexibility index (Phi) is 6.14. The lowest BCUT2D eigenvalue weighted by Crippen LogP contribution is -2.43. The molecule has 2 aromatic carbocycles. The number of nitrogens with one attached hydrogen (secondary N) is 1. The third-order valence-corrected chi connectivity index (χ3v) is 4.14. The number of hydrogen-bond donors (Lipinski definition) is 1. The minimum Gasteiger partial charge on any atom is -0.494 e. The Labute approximate surface area is 148 Å². The van der Waals surface area contributed by atoms with Gasteiger partial charge < -0.3 is 24.3 Å². The van der Waals surface area contributed by atoms with Gasteiger partial charge in [-0.25, -0.2) is 0 Å². The summed E-state index contributed by atoms with van der Waals surface area (Å²) in [6, 6.07) is 15.7. The SMILES string of the molecule is CCOc1ccc(C(Oc2ccccc2OC)C2CNCCO2)cc1. The third-order valence-electron chi connectivity index (χ3n) is 4.14. The second kappa shape index (κ2) is 8.74. The summed E-state index contributed by atoms with van der Waals surface area (Å²) in [5.41, 5.74) is 1.04. The maximum absolute atomic E-state index is 6.33. The molecule has 0 spiro atoms. The van der Waals surface area contributed by atoms with Gasteiger partial charge in [0.1, 0.15) is 11.9 Å².